The average Bonchev–Trinajstić information content (AvgIpc) is 3.30. The topological polar surface area (TPSA) is 86.1 Å². The van der Waals surface area contributed by atoms with E-state index in [9.17, 15) is 9.59 Å². The fourth-order valence-corrected chi connectivity index (χ4v) is 4.43. The summed E-state index contributed by atoms with van der Waals surface area (Å²) in [5, 5.41) is 12.7. The molecule has 27 heavy (non-hydrogen) atoms. The lowest BCUT2D eigenvalue weighted by Gasteiger charge is -2.08. The van der Waals surface area contributed by atoms with E-state index in [2.05, 4.69) is 27.0 Å². The number of rotatable bonds is 9. The number of ether oxygens (including phenoxy) is 1. The summed E-state index contributed by atoms with van der Waals surface area (Å²) in [6, 6.07) is 1.74. The first-order chi connectivity index (χ1) is 13.0. The summed E-state index contributed by atoms with van der Waals surface area (Å²) in [5.74, 6) is 1.19. The van der Waals surface area contributed by atoms with Crippen molar-refractivity contribution in [2.24, 2.45) is 0 Å². The minimum Gasteiger partial charge on any atom is -0.462 e. The lowest BCUT2D eigenvalue weighted by atomic mass is 10.3. The molecular weight excluding hydrogens is 384 g/mol. The summed E-state index contributed by atoms with van der Waals surface area (Å²) in [6.07, 6.45) is 3.33. The number of thiophene rings is 1. The van der Waals surface area contributed by atoms with Crippen LogP contribution in [0.3, 0.4) is 0 Å². The van der Waals surface area contributed by atoms with Crippen molar-refractivity contribution in [3.63, 3.8) is 0 Å². The lowest BCUT2D eigenvalue weighted by Crippen LogP contribution is -2.16. The van der Waals surface area contributed by atoms with Gasteiger partial charge in [0.05, 0.1) is 17.9 Å². The van der Waals surface area contributed by atoms with E-state index < -0.39 is 5.97 Å². The van der Waals surface area contributed by atoms with Gasteiger partial charge in [0.15, 0.2) is 5.16 Å². The Hall–Kier alpha value is -1.87. The number of nitrogens with zero attached hydrogens (tertiary/aromatic N) is 3. The van der Waals surface area contributed by atoms with Crippen LogP contribution in [0.4, 0.5) is 5.00 Å². The molecule has 0 unspecified atom stereocenters. The van der Waals surface area contributed by atoms with Crippen LogP contribution in [-0.2, 0) is 16.1 Å². The van der Waals surface area contributed by atoms with Crippen LogP contribution in [0.15, 0.2) is 11.2 Å². The first-order valence-corrected chi connectivity index (χ1v) is 11.0. The van der Waals surface area contributed by atoms with Crippen LogP contribution in [0.25, 0.3) is 0 Å². The van der Waals surface area contributed by atoms with Gasteiger partial charge in [-0.2, -0.15) is 0 Å². The van der Waals surface area contributed by atoms with Crippen molar-refractivity contribution in [1.82, 2.24) is 14.8 Å². The summed E-state index contributed by atoms with van der Waals surface area (Å²) < 4.78 is 7.19. The zero-order chi connectivity index (χ0) is 19.4. The summed E-state index contributed by atoms with van der Waals surface area (Å²) >= 11 is 2.75. The van der Waals surface area contributed by atoms with Gasteiger partial charge in [-0.25, -0.2) is 4.79 Å². The molecule has 2 heterocycles. The first kappa shape index (κ1) is 19.9. The standard InChI is InChI=1S/C18H24N4O3S2/c1-4-8-22-15(12-6-7-12)20-21-18(22)26-10-14(23)19-16-13(9-11(3)27-16)17(24)25-5-2/h9,12H,4-8,10H2,1-3H3,(H,19,23). The molecule has 3 rings (SSSR count). The van der Waals surface area contributed by atoms with Gasteiger partial charge in [0.25, 0.3) is 0 Å². The van der Waals surface area contributed by atoms with Gasteiger partial charge in [-0.3, -0.25) is 4.79 Å². The Balaban J connectivity index is 1.63. The largest absolute Gasteiger partial charge is 0.462 e. The molecule has 0 bridgehead atoms. The Morgan fingerprint density at radius 3 is 2.81 bits per heavy atom. The average molecular weight is 409 g/mol. The Bertz CT molecular complexity index is 827. The highest BCUT2D eigenvalue weighted by Crippen LogP contribution is 2.40. The van der Waals surface area contributed by atoms with Crippen LogP contribution in [0.2, 0.25) is 0 Å². The van der Waals surface area contributed by atoms with E-state index in [1.165, 1.54) is 35.9 Å². The Labute approximate surface area is 166 Å². The van der Waals surface area contributed by atoms with Crippen LogP contribution in [-0.4, -0.2) is 39.0 Å². The van der Waals surface area contributed by atoms with E-state index in [1.54, 1.807) is 13.0 Å². The molecule has 0 aliphatic heterocycles. The number of carbonyl (C=O) groups excluding carboxylic acids is 2. The maximum absolute atomic E-state index is 12.4. The van der Waals surface area contributed by atoms with E-state index >= 15 is 0 Å². The minimum absolute atomic E-state index is 0.175. The molecule has 9 heteroatoms. The molecular formula is C18H24N4O3S2. The molecule has 0 radical (unpaired) electrons. The van der Waals surface area contributed by atoms with Crippen LogP contribution < -0.4 is 5.32 Å². The molecule has 146 valence electrons. The molecule has 1 N–H and O–H groups in total. The fourth-order valence-electron chi connectivity index (χ4n) is 2.74. The van der Waals surface area contributed by atoms with E-state index in [1.807, 2.05) is 6.92 Å². The fraction of sp³-hybridized carbons (Fsp3) is 0.556. The van der Waals surface area contributed by atoms with E-state index in [0.29, 0.717) is 23.1 Å². The van der Waals surface area contributed by atoms with Crippen molar-refractivity contribution >= 4 is 40.0 Å². The molecule has 2 aromatic heterocycles. The van der Waals surface area contributed by atoms with Crippen molar-refractivity contribution in [3.8, 4) is 0 Å². The second-order valence-electron chi connectivity index (χ2n) is 6.42. The van der Waals surface area contributed by atoms with Crippen molar-refractivity contribution < 1.29 is 14.3 Å². The number of thioether (sulfide) groups is 1. The zero-order valence-corrected chi connectivity index (χ0v) is 17.4. The van der Waals surface area contributed by atoms with Gasteiger partial charge >= 0.3 is 5.97 Å². The molecule has 7 nitrogen and oxygen atoms in total. The van der Waals surface area contributed by atoms with Crippen molar-refractivity contribution in [2.45, 2.75) is 57.7 Å². The number of aryl methyl sites for hydroxylation is 1. The summed E-state index contributed by atoms with van der Waals surface area (Å²) in [4.78, 5) is 25.4. The van der Waals surface area contributed by atoms with Gasteiger partial charge in [0.1, 0.15) is 10.8 Å². The molecule has 0 spiro atoms. The molecule has 0 saturated heterocycles. The quantitative estimate of drug-likeness (QED) is 0.501. The third kappa shape index (κ3) is 4.90. The summed E-state index contributed by atoms with van der Waals surface area (Å²) in [6.45, 7) is 6.93. The smallest absolute Gasteiger partial charge is 0.341 e. The third-order valence-electron chi connectivity index (χ3n) is 4.07. The molecule has 1 saturated carbocycles. The van der Waals surface area contributed by atoms with E-state index in [-0.39, 0.29) is 11.7 Å². The maximum Gasteiger partial charge on any atom is 0.341 e. The number of carbonyl (C=O) groups is 2. The molecule has 0 atom stereocenters. The Morgan fingerprint density at radius 1 is 1.37 bits per heavy atom. The summed E-state index contributed by atoms with van der Waals surface area (Å²) in [5.41, 5.74) is 0.405. The molecule has 1 aliphatic carbocycles. The van der Waals surface area contributed by atoms with Crippen molar-refractivity contribution in [3.05, 3.63) is 22.3 Å². The van der Waals surface area contributed by atoms with Crippen LogP contribution >= 0.6 is 23.1 Å². The number of aromatic nitrogens is 3. The van der Waals surface area contributed by atoms with Crippen molar-refractivity contribution in [2.75, 3.05) is 17.7 Å². The number of nitrogens with one attached hydrogen (secondary N) is 1. The van der Waals surface area contributed by atoms with Gasteiger partial charge in [-0.15, -0.1) is 21.5 Å². The number of amides is 1. The van der Waals surface area contributed by atoms with Gasteiger partial charge < -0.3 is 14.6 Å². The number of esters is 1. The maximum atomic E-state index is 12.4. The highest BCUT2D eigenvalue weighted by atomic mass is 32.2. The van der Waals surface area contributed by atoms with Crippen LogP contribution in [0.5, 0.6) is 0 Å². The molecule has 0 aromatic carbocycles. The Morgan fingerprint density at radius 2 is 2.15 bits per heavy atom. The molecule has 1 fully saturated rings. The molecule has 2 aromatic rings. The Kier molecular flexibility index (Phi) is 6.54. The summed E-state index contributed by atoms with van der Waals surface area (Å²) in [7, 11) is 0. The normalized spacial score (nSPS) is 13.6. The second kappa shape index (κ2) is 8.88. The van der Waals surface area contributed by atoms with Crippen molar-refractivity contribution in [1.29, 1.82) is 0 Å². The molecule has 1 aliphatic rings. The zero-order valence-electron chi connectivity index (χ0n) is 15.8. The van der Waals surface area contributed by atoms with Gasteiger partial charge in [-0.05, 0) is 39.2 Å². The predicted molar refractivity (Wildman–Crippen MR) is 107 cm³/mol. The number of hydrogen-bond donors (Lipinski definition) is 1. The van der Waals surface area contributed by atoms with Gasteiger partial charge in [0.2, 0.25) is 5.91 Å². The van der Waals surface area contributed by atoms with Gasteiger partial charge in [-0.1, -0.05) is 18.7 Å². The highest BCUT2D eigenvalue weighted by molar-refractivity contribution is 7.99. The predicted octanol–water partition coefficient (Wildman–Crippen LogP) is 3.84. The van der Waals surface area contributed by atoms with Gasteiger partial charge in [0, 0.05) is 17.3 Å². The number of anilines is 1. The monoisotopic (exact) mass is 408 g/mol. The molecule has 1 amide bonds. The minimum atomic E-state index is -0.415. The van der Waals surface area contributed by atoms with Crippen LogP contribution in [0.1, 0.15) is 60.1 Å². The first-order valence-electron chi connectivity index (χ1n) is 9.16. The van der Waals surface area contributed by atoms with E-state index in [4.69, 9.17) is 4.74 Å². The van der Waals surface area contributed by atoms with E-state index in [0.717, 1.165) is 28.8 Å². The lowest BCUT2D eigenvalue weighted by molar-refractivity contribution is -0.113. The van der Waals surface area contributed by atoms with Crippen LogP contribution in [0, 0.1) is 6.92 Å². The number of hydrogen-bond acceptors (Lipinski definition) is 7. The SMILES string of the molecule is CCCn1c(SCC(=O)Nc2sc(C)cc2C(=O)OCC)nnc1C1CC1. The highest BCUT2D eigenvalue weighted by Gasteiger charge is 2.30. The second-order valence-corrected chi connectivity index (χ2v) is 8.62. The third-order valence-corrected chi connectivity index (χ3v) is 6.00.